The zero-order valence-electron chi connectivity index (χ0n) is 16.0. The summed E-state index contributed by atoms with van der Waals surface area (Å²) in [5.74, 6) is 0.0586. The maximum atomic E-state index is 13.2. The van der Waals surface area contributed by atoms with E-state index in [0.29, 0.717) is 17.1 Å². The molecular weight excluding hydrogens is 431 g/mol. The van der Waals surface area contributed by atoms with Gasteiger partial charge >= 0.3 is 6.03 Å². The molecule has 3 aromatic rings. The number of anilines is 2. The summed E-state index contributed by atoms with van der Waals surface area (Å²) in [5, 5.41) is 5.83. The molecule has 0 fully saturated rings. The second-order valence-corrected chi connectivity index (χ2v) is 8.22. The Morgan fingerprint density at radius 2 is 2.07 bits per heavy atom. The molecule has 0 radical (unpaired) electrons. The van der Waals surface area contributed by atoms with Gasteiger partial charge < -0.3 is 14.8 Å². The maximum absolute atomic E-state index is 13.2. The first-order valence-corrected chi connectivity index (χ1v) is 10.7. The molecule has 2 heterocycles. The second kappa shape index (κ2) is 9.69. The summed E-state index contributed by atoms with van der Waals surface area (Å²) >= 11 is -1.43. The Bertz CT molecular complexity index is 1040. The number of nitrogens with one attached hydrogen (secondary N) is 2. The van der Waals surface area contributed by atoms with Gasteiger partial charge in [-0.3, -0.25) is 9.53 Å². The third kappa shape index (κ3) is 5.55. The summed E-state index contributed by atoms with van der Waals surface area (Å²) < 4.78 is 36.8. The molecule has 3 rings (SSSR count). The van der Waals surface area contributed by atoms with Gasteiger partial charge in [-0.25, -0.2) is 24.1 Å². The van der Waals surface area contributed by atoms with Crippen LogP contribution in [0, 0.1) is 5.82 Å². The number of benzene rings is 1. The summed E-state index contributed by atoms with van der Waals surface area (Å²) in [6, 6.07) is 5.33. The van der Waals surface area contributed by atoms with E-state index in [-0.39, 0.29) is 17.4 Å². The van der Waals surface area contributed by atoms with Crippen LogP contribution in [0.25, 0.3) is 0 Å². The van der Waals surface area contributed by atoms with E-state index in [9.17, 15) is 17.9 Å². The Morgan fingerprint density at radius 1 is 1.33 bits per heavy atom. The highest BCUT2D eigenvalue weighted by Crippen LogP contribution is 2.29. The van der Waals surface area contributed by atoms with Gasteiger partial charge in [-0.1, -0.05) is 12.1 Å². The van der Waals surface area contributed by atoms with E-state index in [2.05, 4.69) is 25.6 Å². The Balaban J connectivity index is 1.67. The number of rotatable bonds is 7. The van der Waals surface area contributed by atoms with Crippen LogP contribution in [0.1, 0.15) is 22.1 Å². The van der Waals surface area contributed by atoms with E-state index < -0.39 is 28.2 Å². The lowest BCUT2D eigenvalue weighted by atomic mass is 10.2. The average molecular weight is 450 g/mol. The minimum atomic E-state index is -2.52. The van der Waals surface area contributed by atoms with E-state index >= 15 is 0 Å². The van der Waals surface area contributed by atoms with Gasteiger partial charge in [-0.2, -0.15) is 0 Å². The third-order valence-corrected chi connectivity index (χ3v) is 5.58. The van der Waals surface area contributed by atoms with Crippen molar-refractivity contribution in [3.8, 4) is 0 Å². The Kier molecular flexibility index (Phi) is 7.03. The number of thiazole rings is 1. The topological polar surface area (TPSA) is 123 Å². The average Bonchev–Trinajstić information content (AvgIpc) is 3.14. The SMILES string of the molecule is CN(C)c1ncc(C(c2csc(NC(=O)NCc3cccc(F)c3)n2)S(=O)[O-])cn1. The van der Waals surface area contributed by atoms with Gasteiger partial charge in [0, 0.05) is 44.0 Å². The fourth-order valence-electron chi connectivity index (χ4n) is 2.51. The molecule has 2 aromatic heterocycles. The molecule has 0 spiro atoms. The van der Waals surface area contributed by atoms with Crippen LogP contribution in [-0.4, -0.2) is 43.8 Å². The molecule has 9 nitrogen and oxygen atoms in total. The zero-order valence-corrected chi connectivity index (χ0v) is 17.7. The molecule has 30 heavy (non-hydrogen) atoms. The molecule has 0 bridgehead atoms. The molecule has 2 amide bonds. The summed E-state index contributed by atoms with van der Waals surface area (Å²) in [6.45, 7) is 0.130. The smallest absolute Gasteiger partial charge is 0.321 e. The van der Waals surface area contributed by atoms with Crippen LogP contribution in [0.4, 0.5) is 20.3 Å². The molecule has 158 valence electrons. The predicted molar refractivity (Wildman–Crippen MR) is 111 cm³/mol. The third-order valence-electron chi connectivity index (χ3n) is 3.91. The lowest BCUT2D eigenvalue weighted by Gasteiger charge is -2.18. The van der Waals surface area contributed by atoms with Crippen LogP contribution in [0.2, 0.25) is 0 Å². The summed E-state index contributed by atoms with van der Waals surface area (Å²) in [6.07, 6.45) is 2.86. The van der Waals surface area contributed by atoms with Gasteiger partial charge in [0.1, 0.15) is 5.82 Å². The zero-order chi connectivity index (χ0) is 21.7. The van der Waals surface area contributed by atoms with E-state index in [0.717, 1.165) is 11.3 Å². The number of hydrogen-bond acceptors (Lipinski definition) is 8. The molecule has 2 unspecified atom stereocenters. The normalized spacial score (nSPS) is 12.8. The monoisotopic (exact) mass is 449 g/mol. The number of halogens is 1. The Hall–Kier alpha value is -2.96. The van der Waals surface area contributed by atoms with E-state index in [1.54, 1.807) is 36.5 Å². The molecule has 0 aliphatic rings. The molecular formula is C18H18FN6O3S2-. The van der Waals surface area contributed by atoms with Crippen molar-refractivity contribution in [3.63, 3.8) is 0 Å². The van der Waals surface area contributed by atoms with E-state index in [4.69, 9.17) is 0 Å². The first kappa shape index (κ1) is 21.7. The molecule has 0 saturated carbocycles. The number of hydrogen-bond donors (Lipinski definition) is 2. The molecule has 12 heteroatoms. The molecule has 1 aromatic carbocycles. The largest absolute Gasteiger partial charge is 0.772 e. The van der Waals surface area contributed by atoms with Crippen molar-refractivity contribution in [2.45, 2.75) is 11.8 Å². The minimum absolute atomic E-state index is 0.130. The van der Waals surface area contributed by atoms with Crippen molar-refractivity contribution in [1.82, 2.24) is 20.3 Å². The quantitative estimate of drug-likeness (QED) is 0.531. The van der Waals surface area contributed by atoms with Crippen molar-refractivity contribution in [3.05, 3.63) is 64.7 Å². The van der Waals surface area contributed by atoms with Crippen LogP contribution in [-0.2, 0) is 17.6 Å². The lowest BCUT2D eigenvalue weighted by molar-refractivity contribution is 0.251. The number of amides is 2. The standard InChI is InChI=1S/C18H19FN6O3S2/c1-25(2)16-20-8-12(9-21-16)15(30(27)28)14-10-29-18(23-14)24-17(26)22-7-11-4-3-5-13(19)6-11/h3-6,8-10,15H,7H2,1-2H3,(H,27,28)(H2,22,23,24,26)/p-1. The van der Waals surface area contributed by atoms with Crippen LogP contribution in [0.3, 0.4) is 0 Å². The second-order valence-electron chi connectivity index (χ2n) is 6.37. The van der Waals surface area contributed by atoms with Crippen molar-refractivity contribution in [2.75, 3.05) is 24.3 Å². The maximum Gasteiger partial charge on any atom is 0.321 e. The summed E-state index contributed by atoms with van der Waals surface area (Å²) in [4.78, 5) is 26.2. The fraction of sp³-hybridized carbons (Fsp3) is 0.222. The number of aromatic nitrogens is 3. The number of nitrogens with zero attached hydrogens (tertiary/aromatic N) is 4. The molecule has 0 aliphatic carbocycles. The van der Waals surface area contributed by atoms with Gasteiger partial charge in [0.05, 0.1) is 10.9 Å². The van der Waals surface area contributed by atoms with Gasteiger partial charge in [0.25, 0.3) is 0 Å². The van der Waals surface area contributed by atoms with Crippen molar-refractivity contribution >= 4 is 39.5 Å². The van der Waals surface area contributed by atoms with Crippen LogP contribution in [0.15, 0.2) is 42.0 Å². The Labute approximate surface area is 178 Å². The highest BCUT2D eigenvalue weighted by atomic mass is 32.2. The van der Waals surface area contributed by atoms with E-state index in [1.165, 1.54) is 24.5 Å². The Morgan fingerprint density at radius 3 is 2.70 bits per heavy atom. The van der Waals surface area contributed by atoms with Gasteiger partial charge in [-0.15, -0.1) is 11.3 Å². The van der Waals surface area contributed by atoms with E-state index in [1.807, 2.05) is 0 Å². The van der Waals surface area contributed by atoms with Crippen LogP contribution < -0.4 is 15.5 Å². The highest BCUT2D eigenvalue weighted by Gasteiger charge is 2.20. The van der Waals surface area contributed by atoms with Gasteiger partial charge in [0.2, 0.25) is 5.95 Å². The lowest BCUT2D eigenvalue weighted by Crippen LogP contribution is -2.28. The van der Waals surface area contributed by atoms with Crippen LogP contribution in [0.5, 0.6) is 0 Å². The summed E-state index contributed by atoms with van der Waals surface area (Å²) in [7, 11) is 3.55. The highest BCUT2D eigenvalue weighted by molar-refractivity contribution is 7.79. The first-order chi connectivity index (χ1) is 14.3. The molecule has 0 aliphatic heterocycles. The van der Waals surface area contributed by atoms with Crippen LogP contribution >= 0.6 is 11.3 Å². The number of carbonyl (C=O) groups is 1. The van der Waals surface area contributed by atoms with Crippen molar-refractivity contribution in [2.24, 2.45) is 0 Å². The van der Waals surface area contributed by atoms with Crippen molar-refractivity contribution < 1.29 is 17.9 Å². The number of carbonyl (C=O) groups excluding carboxylic acids is 1. The minimum Gasteiger partial charge on any atom is -0.772 e. The summed E-state index contributed by atoms with van der Waals surface area (Å²) in [5.41, 5.74) is 1.21. The molecule has 0 saturated heterocycles. The van der Waals surface area contributed by atoms with Crippen molar-refractivity contribution in [1.29, 1.82) is 0 Å². The predicted octanol–water partition coefficient (Wildman–Crippen LogP) is 2.43. The molecule has 2 N–H and O–H groups in total. The number of urea groups is 1. The molecule has 2 atom stereocenters. The fourth-order valence-corrected chi connectivity index (χ4v) is 3.99. The first-order valence-electron chi connectivity index (χ1n) is 8.65. The van der Waals surface area contributed by atoms with Gasteiger partial charge in [-0.05, 0) is 28.8 Å². The van der Waals surface area contributed by atoms with Gasteiger partial charge in [0.15, 0.2) is 5.13 Å².